The molecule has 0 heterocycles. The van der Waals surface area contributed by atoms with Crippen LogP contribution in [-0.2, 0) is 9.59 Å². The Kier molecular flexibility index (Phi) is 5.36. The van der Waals surface area contributed by atoms with Crippen LogP contribution in [0.3, 0.4) is 0 Å². The lowest BCUT2D eigenvalue weighted by Crippen LogP contribution is -2.53. The average molecular weight is 322 g/mol. The molecular formula is C17H23FN2O3. The number of aliphatic hydroxyl groups is 1. The molecule has 0 spiro atoms. The molecule has 5 nitrogen and oxygen atoms in total. The lowest BCUT2D eigenvalue weighted by Gasteiger charge is -2.31. The largest absolute Gasteiger partial charge is 0.391 e. The lowest BCUT2D eigenvalue weighted by molar-refractivity contribution is -0.140. The number of nitrogens with zero attached hydrogens (tertiary/aromatic N) is 1. The van der Waals surface area contributed by atoms with E-state index in [9.17, 15) is 19.1 Å². The quantitative estimate of drug-likeness (QED) is 0.836. The molecule has 0 aliphatic heterocycles. The number of hydrogen-bond acceptors (Lipinski definition) is 3. The Bertz CT molecular complexity index is 587. The van der Waals surface area contributed by atoms with Crippen molar-refractivity contribution in [2.45, 2.75) is 44.9 Å². The molecule has 1 aliphatic rings. The van der Waals surface area contributed by atoms with Crippen molar-refractivity contribution in [2.75, 3.05) is 7.05 Å². The van der Waals surface area contributed by atoms with Gasteiger partial charge in [0.2, 0.25) is 11.8 Å². The van der Waals surface area contributed by atoms with Crippen molar-refractivity contribution < 1.29 is 19.1 Å². The highest BCUT2D eigenvalue weighted by molar-refractivity contribution is 5.89. The van der Waals surface area contributed by atoms with Crippen molar-refractivity contribution in [1.82, 2.24) is 10.2 Å². The number of amides is 2. The minimum atomic E-state index is -1.03. The standard InChI is InChI=1S/C17H23FN2O3/c1-10(13-6-4-5-7-14(13)18)20(3)17(23)15(11(2)21)19-16(22)12-8-9-12/h4-7,10-12,15,21H,8-9H2,1-3H3,(H,19,22). The molecule has 23 heavy (non-hydrogen) atoms. The van der Waals surface area contributed by atoms with Crippen LogP contribution in [0.25, 0.3) is 0 Å². The molecular weight excluding hydrogens is 299 g/mol. The number of rotatable bonds is 6. The molecule has 126 valence electrons. The van der Waals surface area contributed by atoms with Gasteiger partial charge in [-0.3, -0.25) is 9.59 Å². The number of benzene rings is 1. The summed E-state index contributed by atoms with van der Waals surface area (Å²) in [6, 6.07) is 4.70. The topological polar surface area (TPSA) is 69.6 Å². The summed E-state index contributed by atoms with van der Waals surface area (Å²) in [6.45, 7) is 3.16. The maximum absolute atomic E-state index is 13.9. The van der Waals surface area contributed by atoms with E-state index in [-0.39, 0.29) is 11.8 Å². The Morgan fingerprint density at radius 3 is 2.43 bits per heavy atom. The van der Waals surface area contributed by atoms with Crippen LogP contribution in [0.4, 0.5) is 4.39 Å². The van der Waals surface area contributed by atoms with Gasteiger partial charge in [0.1, 0.15) is 11.9 Å². The molecule has 2 rings (SSSR count). The summed E-state index contributed by atoms with van der Waals surface area (Å²) in [5, 5.41) is 12.5. The van der Waals surface area contributed by atoms with E-state index < -0.39 is 29.9 Å². The number of halogens is 1. The molecule has 3 unspecified atom stereocenters. The minimum absolute atomic E-state index is 0.0571. The van der Waals surface area contributed by atoms with E-state index in [0.717, 1.165) is 12.8 Å². The first-order valence-corrected chi connectivity index (χ1v) is 7.82. The van der Waals surface area contributed by atoms with Crippen molar-refractivity contribution in [1.29, 1.82) is 0 Å². The summed E-state index contributed by atoms with van der Waals surface area (Å²) < 4.78 is 13.9. The molecule has 0 saturated heterocycles. The first-order valence-electron chi connectivity index (χ1n) is 7.82. The van der Waals surface area contributed by atoms with E-state index in [2.05, 4.69) is 5.32 Å². The summed E-state index contributed by atoms with van der Waals surface area (Å²) >= 11 is 0. The van der Waals surface area contributed by atoms with Crippen LogP contribution >= 0.6 is 0 Å². The Labute approximate surface area is 135 Å². The van der Waals surface area contributed by atoms with Gasteiger partial charge < -0.3 is 15.3 Å². The maximum Gasteiger partial charge on any atom is 0.248 e. The van der Waals surface area contributed by atoms with E-state index in [1.54, 1.807) is 25.1 Å². The third-order valence-corrected chi connectivity index (χ3v) is 4.28. The zero-order valence-electron chi connectivity index (χ0n) is 13.6. The fraction of sp³-hybridized carbons (Fsp3) is 0.529. The molecule has 1 aromatic carbocycles. The minimum Gasteiger partial charge on any atom is -0.391 e. The van der Waals surface area contributed by atoms with Crippen LogP contribution in [0, 0.1) is 11.7 Å². The van der Waals surface area contributed by atoms with E-state index in [1.807, 2.05) is 0 Å². The number of likely N-dealkylation sites (N-methyl/N-ethyl adjacent to an activating group) is 1. The fourth-order valence-electron chi connectivity index (χ4n) is 2.44. The van der Waals surface area contributed by atoms with Crippen LogP contribution in [0.15, 0.2) is 24.3 Å². The lowest BCUT2D eigenvalue weighted by atomic mass is 10.0. The van der Waals surface area contributed by atoms with Crippen molar-refractivity contribution in [3.05, 3.63) is 35.6 Å². The Balaban J connectivity index is 2.11. The maximum atomic E-state index is 13.9. The van der Waals surface area contributed by atoms with Gasteiger partial charge in [-0.05, 0) is 32.8 Å². The smallest absolute Gasteiger partial charge is 0.248 e. The van der Waals surface area contributed by atoms with Gasteiger partial charge in [-0.25, -0.2) is 4.39 Å². The normalized spacial score (nSPS) is 18.0. The molecule has 1 fully saturated rings. The van der Waals surface area contributed by atoms with Crippen molar-refractivity contribution >= 4 is 11.8 Å². The summed E-state index contributed by atoms with van der Waals surface area (Å²) in [5.74, 6) is -1.10. The molecule has 1 aliphatic carbocycles. The number of aliphatic hydroxyl groups excluding tert-OH is 1. The summed E-state index contributed by atoms with van der Waals surface area (Å²) in [7, 11) is 1.54. The van der Waals surface area contributed by atoms with E-state index in [4.69, 9.17) is 0 Å². The number of carbonyl (C=O) groups excluding carboxylic acids is 2. The van der Waals surface area contributed by atoms with Crippen molar-refractivity contribution in [3.63, 3.8) is 0 Å². The second kappa shape index (κ2) is 7.08. The molecule has 3 atom stereocenters. The zero-order valence-corrected chi connectivity index (χ0v) is 13.6. The van der Waals surface area contributed by atoms with E-state index in [1.165, 1.54) is 24.9 Å². The van der Waals surface area contributed by atoms with Crippen LogP contribution in [0.2, 0.25) is 0 Å². The third-order valence-electron chi connectivity index (χ3n) is 4.28. The van der Waals surface area contributed by atoms with Crippen LogP contribution in [0.1, 0.15) is 38.3 Å². The molecule has 2 amide bonds. The van der Waals surface area contributed by atoms with Gasteiger partial charge in [-0.1, -0.05) is 18.2 Å². The SMILES string of the molecule is CC(O)C(NC(=O)C1CC1)C(=O)N(C)C(C)c1ccccc1F. The summed E-state index contributed by atoms with van der Waals surface area (Å²) in [6.07, 6.45) is 0.600. The van der Waals surface area contributed by atoms with E-state index >= 15 is 0 Å². The van der Waals surface area contributed by atoms with Crippen LogP contribution in [0.5, 0.6) is 0 Å². The average Bonchev–Trinajstić information content (AvgIpc) is 3.35. The van der Waals surface area contributed by atoms with Gasteiger partial charge in [0.25, 0.3) is 0 Å². The van der Waals surface area contributed by atoms with Gasteiger partial charge >= 0.3 is 0 Å². The van der Waals surface area contributed by atoms with Gasteiger partial charge in [0.05, 0.1) is 12.1 Å². The molecule has 1 aromatic rings. The first-order chi connectivity index (χ1) is 10.8. The molecule has 0 aromatic heterocycles. The highest BCUT2D eigenvalue weighted by atomic mass is 19.1. The van der Waals surface area contributed by atoms with Crippen molar-refractivity contribution in [3.8, 4) is 0 Å². The highest BCUT2D eigenvalue weighted by Crippen LogP contribution is 2.29. The Morgan fingerprint density at radius 1 is 1.30 bits per heavy atom. The van der Waals surface area contributed by atoms with Crippen molar-refractivity contribution in [2.24, 2.45) is 5.92 Å². The van der Waals surface area contributed by atoms with E-state index in [0.29, 0.717) is 5.56 Å². The van der Waals surface area contributed by atoms with Crippen LogP contribution < -0.4 is 5.32 Å². The van der Waals surface area contributed by atoms with Gasteiger partial charge in [-0.2, -0.15) is 0 Å². The number of carbonyl (C=O) groups is 2. The Hall–Kier alpha value is -1.95. The highest BCUT2D eigenvalue weighted by Gasteiger charge is 2.36. The van der Waals surface area contributed by atoms with Gasteiger partial charge in [0, 0.05) is 18.5 Å². The zero-order chi connectivity index (χ0) is 17.1. The summed E-state index contributed by atoms with van der Waals surface area (Å²) in [4.78, 5) is 25.9. The summed E-state index contributed by atoms with van der Waals surface area (Å²) in [5.41, 5.74) is 0.390. The molecule has 1 saturated carbocycles. The first kappa shape index (κ1) is 17.4. The van der Waals surface area contributed by atoms with Gasteiger partial charge in [0.15, 0.2) is 0 Å². The second-order valence-corrected chi connectivity index (χ2v) is 6.15. The predicted octanol–water partition coefficient (Wildman–Crippen LogP) is 1.62. The molecule has 0 radical (unpaired) electrons. The van der Waals surface area contributed by atoms with Crippen LogP contribution in [-0.4, -0.2) is 41.0 Å². The predicted molar refractivity (Wildman–Crippen MR) is 83.9 cm³/mol. The number of hydrogen-bond donors (Lipinski definition) is 2. The monoisotopic (exact) mass is 322 g/mol. The Morgan fingerprint density at radius 2 is 1.91 bits per heavy atom. The third kappa shape index (κ3) is 4.07. The molecule has 2 N–H and O–H groups in total. The fourth-order valence-corrected chi connectivity index (χ4v) is 2.44. The number of nitrogens with one attached hydrogen (secondary N) is 1. The molecule has 0 bridgehead atoms. The van der Waals surface area contributed by atoms with Gasteiger partial charge in [-0.15, -0.1) is 0 Å². The molecule has 6 heteroatoms. The second-order valence-electron chi connectivity index (χ2n) is 6.15.